The van der Waals surface area contributed by atoms with Gasteiger partial charge in [0.1, 0.15) is 18.1 Å². The molecule has 1 N–H and O–H groups in total. The predicted octanol–water partition coefficient (Wildman–Crippen LogP) is 2.34. The molecule has 0 aliphatic heterocycles. The average Bonchev–Trinajstić information content (AvgIpc) is 2.92. The molecular weight excluding hydrogens is 274 g/mol. The predicted molar refractivity (Wildman–Crippen MR) is 80.6 cm³/mol. The Balaban J connectivity index is 1.94. The van der Waals surface area contributed by atoms with Gasteiger partial charge in [-0.25, -0.2) is 4.98 Å². The Labute approximate surface area is 122 Å². The van der Waals surface area contributed by atoms with Crippen LogP contribution in [0.1, 0.15) is 10.5 Å². The van der Waals surface area contributed by atoms with Crippen LogP contribution >= 0.6 is 11.3 Å². The molecule has 0 saturated heterocycles. The van der Waals surface area contributed by atoms with Crippen molar-refractivity contribution in [2.24, 2.45) is 0 Å². The third-order valence-electron chi connectivity index (χ3n) is 2.56. The fourth-order valence-corrected chi connectivity index (χ4v) is 2.06. The highest BCUT2D eigenvalue weighted by Crippen LogP contribution is 2.18. The van der Waals surface area contributed by atoms with Gasteiger partial charge < -0.3 is 15.0 Å². The molecule has 0 bridgehead atoms. The largest absolute Gasteiger partial charge is 0.492 e. The van der Waals surface area contributed by atoms with E-state index >= 15 is 0 Å². The van der Waals surface area contributed by atoms with Crippen molar-refractivity contribution in [1.82, 2.24) is 9.88 Å². The lowest BCUT2D eigenvalue weighted by Crippen LogP contribution is -2.19. The number of ether oxygens (including phenoxy) is 1. The Morgan fingerprint density at radius 3 is 3.00 bits per heavy atom. The van der Waals surface area contributed by atoms with Crippen LogP contribution in [0.15, 0.2) is 35.2 Å². The third-order valence-corrected chi connectivity index (χ3v) is 3.15. The van der Waals surface area contributed by atoms with Gasteiger partial charge in [0.2, 0.25) is 0 Å². The van der Waals surface area contributed by atoms with Gasteiger partial charge in [-0.1, -0.05) is 6.07 Å². The van der Waals surface area contributed by atoms with Crippen LogP contribution in [0, 0.1) is 0 Å². The molecule has 106 valence electrons. The summed E-state index contributed by atoms with van der Waals surface area (Å²) in [4.78, 5) is 17.9. The Morgan fingerprint density at radius 1 is 1.45 bits per heavy atom. The lowest BCUT2D eigenvalue weighted by molar-refractivity contribution is 0.102. The normalized spacial score (nSPS) is 10.6. The molecule has 0 saturated carbocycles. The number of benzene rings is 1. The van der Waals surface area contributed by atoms with Crippen molar-refractivity contribution < 1.29 is 9.53 Å². The fraction of sp³-hybridized carbons (Fsp3) is 0.286. The Hall–Kier alpha value is -1.92. The zero-order valence-electron chi connectivity index (χ0n) is 11.5. The molecule has 2 aromatic rings. The second-order valence-corrected chi connectivity index (χ2v) is 5.23. The minimum absolute atomic E-state index is 0.211. The lowest BCUT2D eigenvalue weighted by Gasteiger charge is -2.12. The van der Waals surface area contributed by atoms with Crippen LogP contribution in [0.4, 0.5) is 5.69 Å². The van der Waals surface area contributed by atoms with E-state index in [4.69, 9.17) is 4.74 Å². The maximum Gasteiger partial charge on any atom is 0.275 e. The van der Waals surface area contributed by atoms with Crippen LogP contribution in [-0.4, -0.2) is 43.0 Å². The van der Waals surface area contributed by atoms with Gasteiger partial charge in [0.25, 0.3) is 5.91 Å². The van der Waals surface area contributed by atoms with Crippen LogP contribution in [-0.2, 0) is 0 Å². The summed E-state index contributed by atoms with van der Waals surface area (Å²) in [6.45, 7) is 1.45. The van der Waals surface area contributed by atoms with Gasteiger partial charge in [-0.3, -0.25) is 4.79 Å². The molecule has 0 aliphatic carbocycles. The standard InChI is InChI=1S/C14H17N3O2S/c1-17(2)6-7-19-12-5-3-4-11(8-12)16-14(18)13-9-20-10-15-13/h3-5,8-10H,6-7H2,1-2H3,(H,16,18). The van der Waals surface area contributed by atoms with E-state index in [1.807, 2.05) is 37.2 Å². The highest BCUT2D eigenvalue weighted by molar-refractivity contribution is 7.07. The number of anilines is 1. The summed E-state index contributed by atoms with van der Waals surface area (Å²) >= 11 is 1.39. The Bertz CT molecular complexity index is 555. The van der Waals surface area contributed by atoms with E-state index in [2.05, 4.69) is 10.3 Å². The molecule has 0 radical (unpaired) electrons. The van der Waals surface area contributed by atoms with E-state index in [1.165, 1.54) is 11.3 Å². The molecule has 6 heteroatoms. The second-order valence-electron chi connectivity index (χ2n) is 4.51. The van der Waals surface area contributed by atoms with E-state index in [0.29, 0.717) is 18.0 Å². The average molecular weight is 291 g/mol. The van der Waals surface area contributed by atoms with Gasteiger partial charge >= 0.3 is 0 Å². The number of amides is 1. The van der Waals surface area contributed by atoms with Crippen molar-refractivity contribution in [1.29, 1.82) is 0 Å². The van der Waals surface area contributed by atoms with Gasteiger partial charge in [-0.2, -0.15) is 0 Å². The number of likely N-dealkylation sites (N-methyl/N-ethyl adjacent to an activating group) is 1. The van der Waals surface area contributed by atoms with Crippen LogP contribution < -0.4 is 10.1 Å². The summed E-state index contributed by atoms with van der Waals surface area (Å²) in [6, 6.07) is 7.35. The summed E-state index contributed by atoms with van der Waals surface area (Å²) in [5.74, 6) is 0.527. The molecule has 20 heavy (non-hydrogen) atoms. The molecular formula is C14H17N3O2S. The minimum Gasteiger partial charge on any atom is -0.492 e. The first kappa shape index (κ1) is 14.5. The van der Waals surface area contributed by atoms with E-state index in [0.717, 1.165) is 12.3 Å². The molecule has 1 amide bonds. The number of nitrogens with zero attached hydrogens (tertiary/aromatic N) is 2. The molecule has 0 unspecified atom stereocenters. The third kappa shape index (κ3) is 4.32. The summed E-state index contributed by atoms with van der Waals surface area (Å²) in [5, 5.41) is 4.51. The van der Waals surface area contributed by atoms with E-state index in [1.54, 1.807) is 17.0 Å². The number of thiazole rings is 1. The number of carbonyl (C=O) groups is 1. The van der Waals surface area contributed by atoms with Crippen molar-refractivity contribution in [3.63, 3.8) is 0 Å². The second kappa shape index (κ2) is 7.02. The van der Waals surface area contributed by atoms with Crippen LogP contribution in [0.25, 0.3) is 0 Å². The van der Waals surface area contributed by atoms with Gasteiger partial charge in [0.05, 0.1) is 5.51 Å². The number of hydrogen-bond donors (Lipinski definition) is 1. The Morgan fingerprint density at radius 2 is 2.30 bits per heavy atom. The van der Waals surface area contributed by atoms with Crippen molar-refractivity contribution in [2.45, 2.75) is 0 Å². The first-order chi connectivity index (χ1) is 9.65. The highest BCUT2D eigenvalue weighted by atomic mass is 32.1. The zero-order chi connectivity index (χ0) is 14.4. The van der Waals surface area contributed by atoms with Crippen LogP contribution in [0.2, 0.25) is 0 Å². The molecule has 1 aromatic heterocycles. The van der Waals surface area contributed by atoms with Crippen molar-refractivity contribution >= 4 is 22.9 Å². The highest BCUT2D eigenvalue weighted by Gasteiger charge is 2.08. The van der Waals surface area contributed by atoms with Crippen LogP contribution in [0.5, 0.6) is 5.75 Å². The summed E-state index contributed by atoms with van der Waals surface area (Å²) in [5.41, 5.74) is 2.76. The maximum absolute atomic E-state index is 11.9. The first-order valence-electron chi connectivity index (χ1n) is 6.22. The molecule has 0 aliphatic rings. The maximum atomic E-state index is 11.9. The molecule has 1 heterocycles. The van der Waals surface area contributed by atoms with E-state index in [-0.39, 0.29) is 5.91 Å². The first-order valence-corrected chi connectivity index (χ1v) is 7.16. The van der Waals surface area contributed by atoms with Crippen molar-refractivity contribution in [2.75, 3.05) is 32.6 Å². The number of aromatic nitrogens is 1. The molecule has 0 spiro atoms. The van der Waals surface area contributed by atoms with Crippen molar-refractivity contribution in [3.8, 4) is 5.75 Å². The molecule has 0 atom stereocenters. The monoisotopic (exact) mass is 291 g/mol. The summed E-state index contributed by atoms with van der Waals surface area (Å²) < 4.78 is 5.62. The van der Waals surface area contributed by atoms with E-state index < -0.39 is 0 Å². The number of nitrogens with one attached hydrogen (secondary N) is 1. The smallest absolute Gasteiger partial charge is 0.275 e. The number of carbonyl (C=O) groups excluding carboxylic acids is 1. The summed E-state index contributed by atoms with van der Waals surface area (Å²) in [6.07, 6.45) is 0. The van der Waals surface area contributed by atoms with Crippen LogP contribution in [0.3, 0.4) is 0 Å². The quantitative estimate of drug-likeness (QED) is 0.887. The van der Waals surface area contributed by atoms with Gasteiger partial charge in [0, 0.05) is 23.7 Å². The summed E-state index contributed by atoms with van der Waals surface area (Å²) in [7, 11) is 3.99. The van der Waals surface area contributed by atoms with E-state index in [9.17, 15) is 4.79 Å². The number of hydrogen-bond acceptors (Lipinski definition) is 5. The molecule has 5 nitrogen and oxygen atoms in total. The lowest BCUT2D eigenvalue weighted by atomic mass is 10.3. The molecule has 2 rings (SSSR count). The van der Waals surface area contributed by atoms with Gasteiger partial charge in [0.15, 0.2) is 0 Å². The molecule has 1 aromatic carbocycles. The van der Waals surface area contributed by atoms with Gasteiger partial charge in [-0.15, -0.1) is 11.3 Å². The SMILES string of the molecule is CN(C)CCOc1cccc(NC(=O)c2cscn2)c1. The Kier molecular flexibility index (Phi) is 5.09. The minimum atomic E-state index is -0.211. The van der Waals surface area contributed by atoms with Gasteiger partial charge in [-0.05, 0) is 26.2 Å². The van der Waals surface area contributed by atoms with Crippen molar-refractivity contribution in [3.05, 3.63) is 40.8 Å². The topological polar surface area (TPSA) is 54.5 Å². The zero-order valence-corrected chi connectivity index (χ0v) is 12.3. The fourth-order valence-electron chi connectivity index (χ4n) is 1.53. The number of rotatable bonds is 6. The molecule has 0 fully saturated rings.